The van der Waals surface area contributed by atoms with E-state index in [1.54, 1.807) is 0 Å². The fourth-order valence-electron chi connectivity index (χ4n) is 11.5. The SMILES string of the molecule is CCCCCCCCCCCCCCCCC1(CCCC)CCCCC1(CCCCCCCCCCCCCCC(=O)O)CCCCCCCCCCCCCCC(=O)O. The molecule has 1 aliphatic carbocycles. The fraction of sp³-hybridized carbons (Fsp3) is 0.964. The molecule has 60 heavy (non-hydrogen) atoms. The number of unbranched alkanes of at least 4 members (excludes halogenated alkanes) is 36. The van der Waals surface area contributed by atoms with Gasteiger partial charge in [-0.2, -0.15) is 0 Å². The van der Waals surface area contributed by atoms with Crippen LogP contribution in [-0.4, -0.2) is 22.2 Å². The van der Waals surface area contributed by atoms with Crippen LogP contribution in [-0.2, 0) is 9.59 Å². The van der Waals surface area contributed by atoms with Gasteiger partial charge in [0.25, 0.3) is 0 Å². The minimum Gasteiger partial charge on any atom is -0.481 e. The largest absolute Gasteiger partial charge is 0.481 e. The molecule has 4 heteroatoms. The first-order chi connectivity index (χ1) is 29.4. The van der Waals surface area contributed by atoms with E-state index < -0.39 is 11.9 Å². The molecule has 1 rings (SSSR count). The lowest BCUT2D eigenvalue weighted by atomic mass is 9.49. The summed E-state index contributed by atoms with van der Waals surface area (Å²) in [6.07, 6.45) is 67.1. The molecule has 0 aliphatic heterocycles. The molecular weight excluding hydrogens is 737 g/mol. The van der Waals surface area contributed by atoms with E-state index in [1.807, 2.05) is 0 Å². The van der Waals surface area contributed by atoms with Gasteiger partial charge >= 0.3 is 11.9 Å². The number of carboxylic acids is 2. The Morgan fingerprint density at radius 1 is 0.300 bits per heavy atom. The quantitative estimate of drug-likeness (QED) is 0.0598. The van der Waals surface area contributed by atoms with E-state index in [-0.39, 0.29) is 0 Å². The molecule has 0 bridgehead atoms. The van der Waals surface area contributed by atoms with E-state index in [0.717, 1.165) is 25.7 Å². The van der Waals surface area contributed by atoms with Gasteiger partial charge < -0.3 is 10.2 Å². The molecular formula is C56H108O4. The van der Waals surface area contributed by atoms with Crippen LogP contribution < -0.4 is 0 Å². The van der Waals surface area contributed by atoms with Crippen molar-refractivity contribution in [1.29, 1.82) is 0 Å². The average molecular weight is 845 g/mol. The number of carbonyl (C=O) groups is 2. The number of aliphatic carboxylic acids is 2. The molecule has 2 N–H and O–H groups in total. The molecule has 0 spiro atoms. The molecule has 356 valence electrons. The smallest absolute Gasteiger partial charge is 0.303 e. The normalized spacial score (nSPS) is 16.4. The molecule has 1 fully saturated rings. The average Bonchev–Trinajstić information content (AvgIpc) is 3.23. The van der Waals surface area contributed by atoms with Crippen molar-refractivity contribution in [2.75, 3.05) is 0 Å². The summed E-state index contributed by atoms with van der Waals surface area (Å²) >= 11 is 0. The van der Waals surface area contributed by atoms with E-state index in [0.29, 0.717) is 23.7 Å². The van der Waals surface area contributed by atoms with Gasteiger partial charge in [0.05, 0.1) is 0 Å². The Kier molecular flexibility index (Phi) is 39.8. The highest BCUT2D eigenvalue weighted by Crippen LogP contribution is 2.61. The second-order valence-electron chi connectivity index (χ2n) is 20.5. The summed E-state index contributed by atoms with van der Waals surface area (Å²) in [6, 6.07) is 0. The first-order valence-electron chi connectivity index (χ1n) is 27.8. The van der Waals surface area contributed by atoms with E-state index in [4.69, 9.17) is 10.2 Å². The van der Waals surface area contributed by atoms with Crippen LogP contribution in [0.15, 0.2) is 0 Å². The molecule has 1 atom stereocenters. The molecule has 1 unspecified atom stereocenters. The van der Waals surface area contributed by atoms with E-state index >= 15 is 0 Å². The summed E-state index contributed by atoms with van der Waals surface area (Å²) in [4.78, 5) is 21.4. The minimum absolute atomic E-state index is 0.337. The third-order valence-corrected chi connectivity index (χ3v) is 15.3. The van der Waals surface area contributed by atoms with E-state index in [1.165, 1.54) is 283 Å². The lowest BCUT2D eigenvalue weighted by Crippen LogP contribution is -2.45. The lowest BCUT2D eigenvalue weighted by molar-refractivity contribution is -0.138. The maximum Gasteiger partial charge on any atom is 0.303 e. The Hall–Kier alpha value is -1.06. The maximum absolute atomic E-state index is 10.7. The lowest BCUT2D eigenvalue weighted by Gasteiger charge is -2.56. The van der Waals surface area contributed by atoms with Crippen molar-refractivity contribution in [2.24, 2.45) is 10.8 Å². The van der Waals surface area contributed by atoms with E-state index in [9.17, 15) is 9.59 Å². The van der Waals surface area contributed by atoms with Crippen molar-refractivity contribution < 1.29 is 19.8 Å². The van der Waals surface area contributed by atoms with Crippen molar-refractivity contribution in [3.05, 3.63) is 0 Å². The summed E-state index contributed by atoms with van der Waals surface area (Å²) in [5.74, 6) is -1.30. The van der Waals surface area contributed by atoms with Crippen molar-refractivity contribution in [2.45, 2.75) is 335 Å². The predicted molar refractivity (Wildman–Crippen MR) is 262 cm³/mol. The summed E-state index contributed by atoms with van der Waals surface area (Å²) in [5.41, 5.74) is 1.19. The van der Waals surface area contributed by atoms with Gasteiger partial charge in [-0.15, -0.1) is 0 Å². The van der Waals surface area contributed by atoms with Crippen LogP contribution in [0, 0.1) is 10.8 Å². The van der Waals surface area contributed by atoms with Gasteiger partial charge in [-0.1, -0.05) is 271 Å². The predicted octanol–water partition coefficient (Wildman–Crippen LogP) is 19.7. The molecule has 0 saturated heterocycles. The van der Waals surface area contributed by atoms with Gasteiger partial charge in [0.2, 0.25) is 0 Å². The molecule has 1 saturated carbocycles. The number of carboxylic acid groups (broad SMARTS) is 2. The van der Waals surface area contributed by atoms with Crippen molar-refractivity contribution in [1.82, 2.24) is 0 Å². The second kappa shape index (κ2) is 41.9. The highest BCUT2D eigenvalue weighted by molar-refractivity contribution is 5.66. The number of hydrogen-bond donors (Lipinski definition) is 2. The fourth-order valence-corrected chi connectivity index (χ4v) is 11.5. The third kappa shape index (κ3) is 31.7. The van der Waals surface area contributed by atoms with Crippen LogP contribution in [0.3, 0.4) is 0 Å². The summed E-state index contributed by atoms with van der Waals surface area (Å²) in [6.45, 7) is 4.76. The molecule has 0 aromatic rings. The van der Waals surface area contributed by atoms with Crippen LogP contribution in [0.1, 0.15) is 335 Å². The summed E-state index contributed by atoms with van der Waals surface area (Å²) < 4.78 is 0. The Balaban J connectivity index is 2.58. The van der Waals surface area contributed by atoms with Crippen molar-refractivity contribution in [3.63, 3.8) is 0 Å². The molecule has 4 nitrogen and oxygen atoms in total. The highest BCUT2D eigenvalue weighted by atomic mass is 16.4. The second-order valence-corrected chi connectivity index (χ2v) is 20.5. The van der Waals surface area contributed by atoms with Gasteiger partial charge in [0, 0.05) is 12.8 Å². The number of hydrogen-bond acceptors (Lipinski definition) is 2. The monoisotopic (exact) mass is 845 g/mol. The molecule has 0 aromatic carbocycles. The highest BCUT2D eigenvalue weighted by Gasteiger charge is 2.50. The molecule has 0 aromatic heterocycles. The van der Waals surface area contributed by atoms with Gasteiger partial charge in [-0.3, -0.25) is 9.59 Å². The standard InChI is InChI=1S/C56H108O4/c1-3-5-7-8-9-10-11-12-15-20-25-30-35-40-48-55(47-6-4-2)51-43-44-52-56(55,49-41-36-31-26-21-16-13-18-23-28-33-38-45-53(57)58)50-42-37-32-27-22-17-14-19-24-29-34-39-46-54(59)60/h3-52H2,1-2H3,(H,57,58)(H,59,60). The number of rotatable bonds is 48. The minimum atomic E-state index is -0.648. The first-order valence-corrected chi connectivity index (χ1v) is 27.8. The van der Waals surface area contributed by atoms with Crippen molar-refractivity contribution >= 4 is 11.9 Å². The van der Waals surface area contributed by atoms with Crippen LogP contribution >= 0.6 is 0 Å². The van der Waals surface area contributed by atoms with Crippen molar-refractivity contribution in [3.8, 4) is 0 Å². The van der Waals surface area contributed by atoms with Crippen LogP contribution in [0.2, 0.25) is 0 Å². The summed E-state index contributed by atoms with van der Waals surface area (Å²) in [5, 5.41) is 17.7. The van der Waals surface area contributed by atoms with Crippen LogP contribution in [0.5, 0.6) is 0 Å². The van der Waals surface area contributed by atoms with Gasteiger partial charge in [-0.05, 0) is 62.2 Å². The molecule has 0 heterocycles. The van der Waals surface area contributed by atoms with Gasteiger partial charge in [0.1, 0.15) is 0 Å². The Labute approximate surface area is 376 Å². The Morgan fingerprint density at radius 3 is 0.733 bits per heavy atom. The molecule has 0 amide bonds. The van der Waals surface area contributed by atoms with Crippen LogP contribution in [0.25, 0.3) is 0 Å². The van der Waals surface area contributed by atoms with Gasteiger partial charge in [0.15, 0.2) is 0 Å². The Bertz CT molecular complexity index is 888. The molecule has 1 aliphatic rings. The molecule has 0 radical (unpaired) electrons. The van der Waals surface area contributed by atoms with Crippen LogP contribution in [0.4, 0.5) is 0 Å². The summed E-state index contributed by atoms with van der Waals surface area (Å²) in [7, 11) is 0. The van der Waals surface area contributed by atoms with E-state index in [2.05, 4.69) is 13.8 Å². The first kappa shape index (κ1) is 57.0. The maximum atomic E-state index is 10.7. The zero-order valence-corrected chi connectivity index (χ0v) is 41.1. The topological polar surface area (TPSA) is 74.6 Å². The zero-order valence-electron chi connectivity index (χ0n) is 41.1. The Morgan fingerprint density at radius 2 is 0.500 bits per heavy atom. The third-order valence-electron chi connectivity index (χ3n) is 15.3. The van der Waals surface area contributed by atoms with Gasteiger partial charge in [-0.25, -0.2) is 0 Å². The zero-order chi connectivity index (χ0) is 43.5.